The van der Waals surface area contributed by atoms with Gasteiger partial charge in [0.15, 0.2) is 0 Å². The van der Waals surface area contributed by atoms with Crippen LogP contribution in [0.5, 0.6) is 17.2 Å². The van der Waals surface area contributed by atoms with Gasteiger partial charge in [0, 0.05) is 0 Å². The Balaban J connectivity index is 1.35. The Kier molecular flexibility index (Phi) is 12.2. The normalized spacial score (nSPS) is 18.4. The maximum atomic E-state index is 12.5. The van der Waals surface area contributed by atoms with Gasteiger partial charge in [0.25, 0.3) is 0 Å². The van der Waals surface area contributed by atoms with Gasteiger partial charge in [0.2, 0.25) is 0 Å². The number of carbonyl (C=O) groups excluding carboxylic acids is 1. The second-order valence-electron chi connectivity index (χ2n) is 10.6. The van der Waals surface area contributed by atoms with E-state index in [0.717, 1.165) is 36.4 Å². The van der Waals surface area contributed by atoms with Gasteiger partial charge in [0.05, 0.1) is 18.8 Å². The Labute approximate surface area is 218 Å². The van der Waals surface area contributed by atoms with Gasteiger partial charge < -0.3 is 14.2 Å². The first-order valence-electron chi connectivity index (χ1n) is 14.2. The average molecular weight is 495 g/mol. The molecule has 1 fully saturated rings. The first-order chi connectivity index (χ1) is 17.6. The Morgan fingerprint density at radius 2 is 1.42 bits per heavy atom. The van der Waals surface area contributed by atoms with Crippen LogP contribution in [0.3, 0.4) is 0 Å². The monoisotopic (exact) mass is 494 g/mol. The third kappa shape index (κ3) is 9.87. The van der Waals surface area contributed by atoms with Crippen LogP contribution in [0, 0.1) is 17.8 Å². The van der Waals surface area contributed by atoms with Gasteiger partial charge in [-0.3, -0.25) is 0 Å². The molecule has 0 heterocycles. The minimum atomic E-state index is -0.373. The predicted octanol–water partition coefficient (Wildman–Crippen LogP) is 8.88. The van der Waals surface area contributed by atoms with E-state index in [9.17, 15) is 4.79 Å². The molecule has 0 saturated heterocycles. The highest BCUT2D eigenvalue weighted by Crippen LogP contribution is 2.32. The summed E-state index contributed by atoms with van der Waals surface area (Å²) in [6, 6.07) is 14.5. The molecule has 36 heavy (non-hydrogen) atoms. The Hall–Kier alpha value is -2.49. The van der Waals surface area contributed by atoms with Crippen molar-refractivity contribution in [3.63, 3.8) is 0 Å². The molecular formula is C32H46O4. The van der Waals surface area contributed by atoms with E-state index in [2.05, 4.69) is 20.8 Å². The molecule has 1 unspecified atom stereocenters. The van der Waals surface area contributed by atoms with Gasteiger partial charge in [-0.05, 0) is 92.0 Å². The maximum absolute atomic E-state index is 12.5. The molecular weight excluding hydrogens is 448 g/mol. The lowest BCUT2D eigenvalue weighted by Crippen LogP contribution is -2.20. The van der Waals surface area contributed by atoms with Crippen molar-refractivity contribution in [3.05, 3.63) is 54.1 Å². The molecule has 4 nitrogen and oxygen atoms in total. The highest BCUT2D eigenvalue weighted by molar-refractivity contribution is 5.91. The number of ether oxygens (including phenoxy) is 3. The first-order valence-corrected chi connectivity index (χ1v) is 14.2. The molecule has 4 heteroatoms. The molecule has 0 spiro atoms. The van der Waals surface area contributed by atoms with Gasteiger partial charge in [-0.25, -0.2) is 4.79 Å². The molecule has 1 aliphatic rings. The van der Waals surface area contributed by atoms with Crippen molar-refractivity contribution in [2.45, 2.75) is 91.4 Å². The molecule has 1 saturated carbocycles. The lowest BCUT2D eigenvalue weighted by molar-refractivity contribution is 0.0734. The fourth-order valence-corrected chi connectivity index (χ4v) is 4.87. The highest BCUT2D eigenvalue weighted by atomic mass is 16.5. The van der Waals surface area contributed by atoms with Crippen LogP contribution in [-0.2, 0) is 0 Å². The minimum absolute atomic E-state index is 0.373. The van der Waals surface area contributed by atoms with Crippen LogP contribution in [0.15, 0.2) is 48.5 Å². The molecule has 0 amide bonds. The molecule has 3 rings (SSSR count). The van der Waals surface area contributed by atoms with E-state index in [-0.39, 0.29) is 5.97 Å². The van der Waals surface area contributed by atoms with Crippen LogP contribution in [0.2, 0.25) is 0 Å². The minimum Gasteiger partial charge on any atom is -0.494 e. The number of hydrogen-bond donors (Lipinski definition) is 0. The van der Waals surface area contributed by atoms with Crippen LogP contribution in [0.1, 0.15) is 102 Å². The van der Waals surface area contributed by atoms with E-state index < -0.39 is 0 Å². The topological polar surface area (TPSA) is 44.8 Å². The molecule has 2 aromatic rings. The smallest absolute Gasteiger partial charge is 0.343 e. The first kappa shape index (κ1) is 28.1. The molecule has 0 bridgehead atoms. The lowest BCUT2D eigenvalue weighted by Gasteiger charge is -2.28. The molecule has 0 radical (unpaired) electrons. The summed E-state index contributed by atoms with van der Waals surface area (Å²) in [4.78, 5) is 12.5. The summed E-state index contributed by atoms with van der Waals surface area (Å²) in [5.74, 6) is 4.06. The Morgan fingerprint density at radius 1 is 0.806 bits per heavy atom. The van der Waals surface area contributed by atoms with Gasteiger partial charge in [0.1, 0.15) is 17.2 Å². The van der Waals surface area contributed by atoms with Gasteiger partial charge >= 0.3 is 5.97 Å². The summed E-state index contributed by atoms with van der Waals surface area (Å²) < 4.78 is 17.4. The van der Waals surface area contributed by atoms with Crippen LogP contribution in [0.25, 0.3) is 0 Å². The third-order valence-corrected chi connectivity index (χ3v) is 7.60. The molecule has 2 aromatic carbocycles. The van der Waals surface area contributed by atoms with Crippen LogP contribution >= 0.6 is 0 Å². The largest absolute Gasteiger partial charge is 0.494 e. The molecule has 1 atom stereocenters. The van der Waals surface area contributed by atoms with Crippen LogP contribution < -0.4 is 14.2 Å². The number of unbranched alkanes of at least 4 members (excludes halogenated alkanes) is 2. The van der Waals surface area contributed by atoms with Crippen molar-refractivity contribution < 1.29 is 19.0 Å². The maximum Gasteiger partial charge on any atom is 0.343 e. The van der Waals surface area contributed by atoms with Crippen molar-refractivity contribution in [1.29, 1.82) is 0 Å². The Morgan fingerprint density at radius 3 is 2.08 bits per heavy atom. The van der Waals surface area contributed by atoms with Crippen molar-refractivity contribution in [1.82, 2.24) is 0 Å². The van der Waals surface area contributed by atoms with Gasteiger partial charge in [-0.15, -0.1) is 0 Å². The second-order valence-corrected chi connectivity index (χ2v) is 10.6. The highest BCUT2D eigenvalue weighted by Gasteiger charge is 2.21. The number of rotatable bonds is 15. The number of benzene rings is 2. The standard InChI is InChI=1S/C32H46O4/c1-4-6-7-10-26-11-13-27(14-12-26)24-35-30-19-21-31(22-20-30)36-32(33)28-15-17-29(18-16-28)34-23-8-9-25(3)5-2/h15-22,25-27H,4-14,23-24H2,1-3H3. The van der Waals surface area contributed by atoms with E-state index in [1.54, 1.807) is 24.3 Å². The second kappa shape index (κ2) is 15.6. The van der Waals surface area contributed by atoms with E-state index in [0.29, 0.717) is 23.8 Å². The quantitative estimate of drug-likeness (QED) is 0.141. The zero-order valence-corrected chi connectivity index (χ0v) is 22.7. The fourth-order valence-electron chi connectivity index (χ4n) is 4.87. The van der Waals surface area contributed by atoms with Crippen molar-refractivity contribution in [2.75, 3.05) is 13.2 Å². The van der Waals surface area contributed by atoms with E-state index in [1.807, 2.05) is 24.3 Å². The van der Waals surface area contributed by atoms with Crippen molar-refractivity contribution >= 4 is 5.97 Å². The lowest BCUT2D eigenvalue weighted by atomic mass is 9.80. The van der Waals surface area contributed by atoms with Crippen LogP contribution in [0.4, 0.5) is 0 Å². The third-order valence-electron chi connectivity index (χ3n) is 7.60. The van der Waals surface area contributed by atoms with Crippen LogP contribution in [-0.4, -0.2) is 19.2 Å². The predicted molar refractivity (Wildman–Crippen MR) is 147 cm³/mol. The van der Waals surface area contributed by atoms with Crippen molar-refractivity contribution in [3.8, 4) is 17.2 Å². The zero-order chi connectivity index (χ0) is 25.6. The summed E-state index contributed by atoms with van der Waals surface area (Å²) in [7, 11) is 0. The van der Waals surface area contributed by atoms with E-state index >= 15 is 0 Å². The van der Waals surface area contributed by atoms with Gasteiger partial charge in [-0.2, -0.15) is 0 Å². The fraction of sp³-hybridized carbons (Fsp3) is 0.594. The Bertz CT molecular complexity index is 866. The number of carbonyl (C=O) groups is 1. The van der Waals surface area contributed by atoms with E-state index in [4.69, 9.17) is 14.2 Å². The average Bonchev–Trinajstić information content (AvgIpc) is 2.91. The summed E-state index contributed by atoms with van der Waals surface area (Å²) in [5, 5.41) is 0. The molecule has 198 valence electrons. The van der Waals surface area contributed by atoms with E-state index in [1.165, 1.54) is 64.2 Å². The SMILES string of the molecule is CCCCCC1CCC(COc2ccc(OC(=O)c3ccc(OCCCC(C)CC)cc3)cc2)CC1. The number of hydrogen-bond acceptors (Lipinski definition) is 4. The summed E-state index contributed by atoms with van der Waals surface area (Å²) in [5.41, 5.74) is 0.507. The number of esters is 1. The molecule has 0 aromatic heterocycles. The summed E-state index contributed by atoms with van der Waals surface area (Å²) >= 11 is 0. The molecule has 1 aliphatic carbocycles. The molecule has 0 aliphatic heterocycles. The summed E-state index contributed by atoms with van der Waals surface area (Å²) in [6.07, 6.45) is 14.1. The summed E-state index contributed by atoms with van der Waals surface area (Å²) in [6.45, 7) is 8.22. The van der Waals surface area contributed by atoms with Gasteiger partial charge in [-0.1, -0.05) is 65.7 Å². The zero-order valence-electron chi connectivity index (χ0n) is 22.7. The van der Waals surface area contributed by atoms with Crippen molar-refractivity contribution in [2.24, 2.45) is 17.8 Å². The molecule has 0 N–H and O–H groups in total.